The van der Waals surface area contributed by atoms with E-state index in [1.165, 1.54) is 24.3 Å². The van der Waals surface area contributed by atoms with Gasteiger partial charge in [-0.25, -0.2) is 13.6 Å². The second kappa shape index (κ2) is 12.9. The molecule has 6 N–H and O–H groups in total. The van der Waals surface area contributed by atoms with Gasteiger partial charge < -0.3 is 41.0 Å². The summed E-state index contributed by atoms with van der Waals surface area (Å²) in [6.07, 6.45) is 0. The number of carbonyl (C=O) groups is 2. The van der Waals surface area contributed by atoms with Crippen LogP contribution >= 0.6 is 12.2 Å². The van der Waals surface area contributed by atoms with E-state index in [2.05, 4.69) is 20.7 Å². The Morgan fingerprint density at radius 2 is 1.52 bits per heavy atom. The van der Waals surface area contributed by atoms with Gasteiger partial charge in [0.15, 0.2) is 10.7 Å². The van der Waals surface area contributed by atoms with Crippen LogP contribution in [0, 0.1) is 11.6 Å². The number of rotatable bonds is 6. The number of thiocarbonyl (C=S) groups is 1. The van der Waals surface area contributed by atoms with Gasteiger partial charge in [-0.2, -0.15) is 9.67 Å². The number of nitrogens with two attached hydrogens (primary N) is 1. The Kier molecular flexibility index (Phi) is 8.10. The average molecular weight is 748 g/mol. The van der Waals surface area contributed by atoms with E-state index in [0.29, 0.717) is 50.0 Å². The number of hydrogen-bond donors (Lipinski definition) is 5. The minimum Gasteiger partial charge on any atom is -0.508 e. The Morgan fingerprint density at radius 1 is 0.907 bits per heavy atom. The molecule has 0 atom stereocenters. The van der Waals surface area contributed by atoms with Crippen LogP contribution in [-0.4, -0.2) is 53.9 Å². The SMILES string of the molecule is CN(Cc1ccc(Nc2nc(N)n(C(=O)c3c(F)cccc3F)n2)cc1)C(=S)Nc1ccc2c(c1)C(=O)OC21c2ccc(O)cc2Oc2cc(O)ccc21. The highest BCUT2D eigenvalue weighted by Gasteiger charge is 2.53. The molecule has 0 amide bonds. The molecule has 54 heavy (non-hydrogen) atoms. The van der Waals surface area contributed by atoms with Gasteiger partial charge in [-0.1, -0.05) is 24.3 Å². The summed E-state index contributed by atoms with van der Waals surface area (Å²) in [7, 11) is 1.80. The van der Waals surface area contributed by atoms with Crippen molar-refractivity contribution in [3.05, 3.63) is 142 Å². The molecule has 0 unspecified atom stereocenters. The van der Waals surface area contributed by atoms with Crippen molar-refractivity contribution in [3.8, 4) is 23.0 Å². The molecule has 0 bridgehead atoms. The van der Waals surface area contributed by atoms with Crippen molar-refractivity contribution in [1.82, 2.24) is 19.7 Å². The van der Waals surface area contributed by atoms with Crippen LogP contribution in [0.4, 0.5) is 32.1 Å². The lowest BCUT2D eigenvalue weighted by molar-refractivity contribution is 0.0224. The lowest BCUT2D eigenvalue weighted by Gasteiger charge is -2.36. The molecule has 6 aromatic rings. The third kappa shape index (κ3) is 5.74. The van der Waals surface area contributed by atoms with Crippen LogP contribution in [0.1, 0.15) is 43.0 Å². The van der Waals surface area contributed by atoms with Crippen molar-refractivity contribution >= 4 is 52.5 Å². The first-order valence-corrected chi connectivity index (χ1v) is 16.6. The zero-order valence-corrected chi connectivity index (χ0v) is 28.8. The number of hydrogen-bond acceptors (Lipinski definition) is 11. The molecule has 8 rings (SSSR count). The average Bonchev–Trinajstić information content (AvgIpc) is 3.64. The minimum atomic E-state index is -1.38. The molecule has 13 nitrogen and oxygen atoms in total. The Balaban J connectivity index is 0.956. The summed E-state index contributed by atoms with van der Waals surface area (Å²) in [5.41, 5.74) is 7.52. The minimum absolute atomic E-state index is 0.0366. The molecule has 1 aromatic heterocycles. The quantitative estimate of drug-likeness (QED) is 0.0938. The molecule has 270 valence electrons. The predicted octanol–water partition coefficient (Wildman–Crippen LogP) is 6.38. The summed E-state index contributed by atoms with van der Waals surface area (Å²) in [6.45, 7) is 0.401. The van der Waals surface area contributed by atoms with Crippen LogP contribution < -0.4 is 21.1 Å². The summed E-state index contributed by atoms with van der Waals surface area (Å²) in [6, 6.07) is 24.5. The number of nitrogens with zero attached hydrogens (tertiary/aromatic N) is 4. The number of carbonyl (C=O) groups excluding carboxylic acids is 2. The highest BCUT2D eigenvalue weighted by atomic mass is 32.1. The molecular weight excluding hydrogens is 721 g/mol. The molecule has 0 saturated carbocycles. The van der Waals surface area contributed by atoms with Gasteiger partial charge in [-0.3, -0.25) is 4.79 Å². The highest BCUT2D eigenvalue weighted by molar-refractivity contribution is 7.80. The topological polar surface area (TPSA) is 177 Å². The largest absolute Gasteiger partial charge is 0.508 e. The fourth-order valence-electron chi connectivity index (χ4n) is 6.50. The van der Waals surface area contributed by atoms with Gasteiger partial charge >= 0.3 is 5.97 Å². The molecule has 2 aliphatic rings. The maximum absolute atomic E-state index is 14.2. The van der Waals surface area contributed by atoms with Crippen molar-refractivity contribution in [3.63, 3.8) is 0 Å². The van der Waals surface area contributed by atoms with E-state index in [4.69, 9.17) is 27.4 Å². The molecule has 5 aromatic carbocycles. The summed E-state index contributed by atoms with van der Waals surface area (Å²) in [4.78, 5) is 32.0. The van der Waals surface area contributed by atoms with E-state index in [0.717, 1.165) is 23.8 Å². The van der Waals surface area contributed by atoms with Crippen molar-refractivity contribution in [2.24, 2.45) is 0 Å². The third-order valence-electron chi connectivity index (χ3n) is 9.00. The molecule has 2 aliphatic heterocycles. The van der Waals surface area contributed by atoms with Crippen LogP contribution in [-0.2, 0) is 16.9 Å². The number of anilines is 4. The number of esters is 1. The van der Waals surface area contributed by atoms with E-state index in [1.807, 2.05) is 12.1 Å². The van der Waals surface area contributed by atoms with Crippen molar-refractivity contribution in [2.45, 2.75) is 12.1 Å². The number of ether oxygens (including phenoxy) is 2. The maximum atomic E-state index is 14.2. The maximum Gasteiger partial charge on any atom is 0.340 e. The molecule has 16 heteroatoms. The summed E-state index contributed by atoms with van der Waals surface area (Å²) >= 11 is 5.68. The second-order valence-electron chi connectivity index (χ2n) is 12.5. The second-order valence-corrected chi connectivity index (χ2v) is 12.9. The Hall–Kier alpha value is -7.07. The van der Waals surface area contributed by atoms with Crippen LogP contribution in [0.15, 0.2) is 97.1 Å². The van der Waals surface area contributed by atoms with Gasteiger partial charge in [0.1, 0.15) is 40.2 Å². The molecule has 1 spiro atoms. The van der Waals surface area contributed by atoms with E-state index >= 15 is 0 Å². The summed E-state index contributed by atoms with van der Waals surface area (Å²) < 4.78 is 41.1. The molecule has 0 saturated heterocycles. The van der Waals surface area contributed by atoms with Crippen LogP contribution in [0.2, 0.25) is 0 Å². The number of nitrogens with one attached hydrogen (secondary N) is 2. The van der Waals surface area contributed by atoms with Gasteiger partial charge in [-0.05, 0) is 78.4 Å². The monoisotopic (exact) mass is 747 g/mol. The Bertz CT molecular complexity index is 2470. The standard InChI is InChI=1S/C38H27F2N7O6S/c1-46(18-19-5-7-20(8-6-19)42-36-44-35(41)47(45-36)33(50)32-28(39)3-2-4-29(32)40)37(54)43-21-9-12-25-24(15-21)34(51)53-38(25)26-13-10-22(48)16-30(26)52-31-17-23(49)11-14-27(31)38/h2-17,48-49H,18H2,1H3,(H,43,54)(H3,41,42,44,45). The molecule has 0 fully saturated rings. The van der Waals surface area contributed by atoms with E-state index in [9.17, 15) is 28.6 Å². The van der Waals surface area contributed by atoms with Gasteiger partial charge in [0.25, 0.3) is 5.91 Å². The number of benzene rings is 5. The van der Waals surface area contributed by atoms with Crippen molar-refractivity contribution < 1.29 is 38.1 Å². The predicted molar refractivity (Wildman–Crippen MR) is 196 cm³/mol. The number of halogens is 2. The first kappa shape index (κ1) is 34.0. The first-order chi connectivity index (χ1) is 25.9. The molecule has 0 aliphatic carbocycles. The molecular formula is C38H27F2N7O6S. The third-order valence-corrected chi connectivity index (χ3v) is 9.42. The van der Waals surface area contributed by atoms with Crippen LogP contribution in [0.25, 0.3) is 0 Å². The highest BCUT2D eigenvalue weighted by Crippen LogP contribution is 2.57. The lowest BCUT2D eigenvalue weighted by atomic mass is 9.77. The number of phenols is 2. The van der Waals surface area contributed by atoms with Crippen LogP contribution in [0.3, 0.4) is 0 Å². The van der Waals surface area contributed by atoms with E-state index < -0.39 is 34.7 Å². The fourth-order valence-corrected chi connectivity index (χ4v) is 6.69. The smallest absolute Gasteiger partial charge is 0.340 e. The van der Waals surface area contributed by atoms with E-state index in [1.54, 1.807) is 54.4 Å². The Morgan fingerprint density at radius 3 is 2.17 bits per heavy atom. The Labute approximate surface area is 310 Å². The van der Waals surface area contributed by atoms with Crippen molar-refractivity contribution in [2.75, 3.05) is 23.4 Å². The number of aromatic nitrogens is 3. The zero-order valence-electron chi connectivity index (χ0n) is 28.0. The van der Waals surface area contributed by atoms with Crippen molar-refractivity contribution in [1.29, 1.82) is 0 Å². The fraction of sp³-hybridized carbons (Fsp3) is 0.0789. The molecule has 0 radical (unpaired) electrons. The number of nitrogen functional groups attached to an aromatic ring is 1. The molecule has 3 heterocycles. The number of fused-ring (bicyclic) bond motifs is 6. The summed E-state index contributed by atoms with van der Waals surface area (Å²) in [5, 5.41) is 30.8. The van der Waals surface area contributed by atoms with Gasteiger partial charge in [0.05, 0.1) is 5.56 Å². The van der Waals surface area contributed by atoms with Gasteiger partial charge in [0, 0.05) is 53.8 Å². The first-order valence-electron chi connectivity index (χ1n) is 16.2. The van der Waals surface area contributed by atoms with Gasteiger partial charge in [-0.15, -0.1) is 5.10 Å². The summed E-state index contributed by atoms with van der Waals surface area (Å²) in [5.74, 6) is -3.69. The normalized spacial score (nSPS) is 13.3. The van der Waals surface area contributed by atoms with Gasteiger partial charge in [0.2, 0.25) is 11.9 Å². The van der Waals surface area contributed by atoms with E-state index in [-0.39, 0.29) is 34.9 Å². The lowest BCUT2D eigenvalue weighted by Crippen LogP contribution is -2.33. The number of phenolic OH excluding ortho intramolecular Hbond substituents is 2. The zero-order chi connectivity index (χ0) is 37.9. The number of aromatic hydroxyl groups is 2. The van der Waals surface area contributed by atoms with Crippen LogP contribution in [0.5, 0.6) is 23.0 Å².